The lowest BCUT2D eigenvalue weighted by molar-refractivity contribution is -0.270. The van der Waals surface area contributed by atoms with Crippen LogP contribution in [0, 0.1) is 50.7 Å². The minimum atomic E-state index is -1.49. The maximum atomic E-state index is 13.0. The zero-order valence-electron chi connectivity index (χ0n) is 26.7. The molecule has 7 heteroatoms. The quantitative estimate of drug-likeness (QED) is 0.313. The zero-order valence-corrected chi connectivity index (χ0v) is 26.7. The predicted molar refractivity (Wildman–Crippen MR) is 159 cm³/mol. The van der Waals surface area contributed by atoms with Crippen LogP contribution in [0.1, 0.15) is 106 Å². The van der Waals surface area contributed by atoms with Crippen LogP contribution in [-0.2, 0) is 9.53 Å². The van der Waals surface area contributed by atoms with Gasteiger partial charge in [0.1, 0.15) is 36.3 Å². The van der Waals surface area contributed by atoms with E-state index in [1.54, 1.807) is 0 Å². The first-order valence-corrected chi connectivity index (χ1v) is 16.8. The summed E-state index contributed by atoms with van der Waals surface area (Å²) < 4.78 is 5.98. The summed E-state index contributed by atoms with van der Waals surface area (Å²) in [5.74, 6) is 1.90. The van der Waals surface area contributed by atoms with Crippen molar-refractivity contribution in [1.29, 1.82) is 0 Å². The second kappa shape index (κ2) is 10.1. The van der Waals surface area contributed by atoms with Crippen LogP contribution >= 0.6 is 0 Å². The minimum absolute atomic E-state index is 0.112. The van der Waals surface area contributed by atoms with Gasteiger partial charge in [-0.3, -0.25) is 4.79 Å². The number of aliphatic hydroxyl groups is 5. The monoisotopic (exact) mass is 588 g/mol. The summed E-state index contributed by atoms with van der Waals surface area (Å²) in [6.07, 6.45) is 4.39. The van der Waals surface area contributed by atoms with Crippen molar-refractivity contribution in [2.45, 2.75) is 142 Å². The molecule has 0 spiro atoms. The van der Waals surface area contributed by atoms with Crippen molar-refractivity contribution in [2.75, 3.05) is 6.61 Å². The molecule has 0 bridgehead atoms. The number of hydrogen-bond donors (Lipinski definition) is 5. The Bertz CT molecular complexity index is 1110. The first-order valence-electron chi connectivity index (χ1n) is 16.8. The fourth-order valence-electron chi connectivity index (χ4n) is 12.0. The molecule has 1 aliphatic heterocycles. The number of fused-ring (bicyclic) bond motifs is 7. The molecule has 13 atom stereocenters. The summed E-state index contributed by atoms with van der Waals surface area (Å²) in [4.78, 5) is 13.0. The van der Waals surface area contributed by atoms with Crippen molar-refractivity contribution in [3.63, 3.8) is 0 Å². The summed E-state index contributed by atoms with van der Waals surface area (Å²) in [7, 11) is 0. The van der Waals surface area contributed by atoms with Gasteiger partial charge < -0.3 is 30.3 Å². The van der Waals surface area contributed by atoms with Gasteiger partial charge in [0.05, 0.1) is 12.7 Å². The van der Waals surface area contributed by atoms with Crippen molar-refractivity contribution in [1.82, 2.24) is 0 Å². The molecule has 42 heavy (non-hydrogen) atoms. The highest BCUT2D eigenvalue weighted by Crippen LogP contribution is 2.72. The van der Waals surface area contributed by atoms with Crippen LogP contribution in [0.5, 0.6) is 0 Å². The maximum absolute atomic E-state index is 13.0. The fourth-order valence-corrected chi connectivity index (χ4v) is 12.0. The lowest BCUT2D eigenvalue weighted by Crippen LogP contribution is -2.66. The van der Waals surface area contributed by atoms with Crippen molar-refractivity contribution in [2.24, 2.45) is 50.7 Å². The smallest absolute Gasteiger partial charge is 0.138 e. The lowest BCUT2D eigenvalue weighted by Gasteiger charge is -2.68. The van der Waals surface area contributed by atoms with Crippen molar-refractivity contribution >= 4 is 5.78 Å². The average Bonchev–Trinajstić information content (AvgIpc) is 2.93. The second-order valence-corrected chi connectivity index (χ2v) is 17.2. The van der Waals surface area contributed by atoms with E-state index in [0.29, 0.717) is 30.0 Å². The van der Waals surface area contributed by atoms with Crippen LogP contribution in [-0.4, -0.2) is 74.5 Å². The van der Waals surface area contributed by atoms with Gasteiger partial charge in [-0.1, -0.05) is 53.2 Å². The van der Waals surface area contributed by atoms with E-state index in [0.717, 1.165) is 57.8 Å². The van der Waals surface area contributed by atoms with E-state index in [-0.39, 0.29) is 27.6 Å². The van der Waals surface area contributed by atoms with E-state index in [2.05, 4.69) is 47.6 Å². The van der Waals surface area contributed by atoms with Gasteiger partial charge in [-0.05, 0) is 97.7 Å². The number of rotatable bonds is 3. The molecule has 0 aromatic rings. The van der Waals surface area contributed by atoms with E-state index < -0.39 is 48.6 Å². The molecule has 5 aliphatic carbocycles. The highest BCUT2D eigenvalue weighted by Gasteiger charge is 2.66. The first-order chi connectivity index (χ1) is 19.5. The summed E-state index contributed by atoms with van der Waals surface area (Å²) in [6.45, 7) is 13.5. The van der Waals surface area contributed by atoms with Gasteiger partial charge in [-0.2, -0.15) is 0 Å². The molecule has 6 unspecified atom stereocenters. The third-order valence-corrected chi connectivity index (χ3v) is 14.5. The molecule has 6 rings (SSSR count). The Morgan fingerprint density at radius 2 is 1.57 bits per heavy atom. The van der Waals surface area contributed by atoms with Crippen molar-refractivity contribution in [3.05, 3.63) is 11.6 Å². The molecule has 4 saturated carbocycles. The van der Waals surface area contributed by atoms with Crippen LogP contribution in [0.15, 0.2) is 11.6 Å². The van der Waals surface area contributed by atoms with Gasteiger partial charge >= 0.3 is 0 Å². The van der Waals surface area contributed by atoms with E-state index >= 15 is 0 Å². The SMILES string of the molecule is CC1(C)CC[C@]2([C@H](O)[C@H]3O[C@H](CO)[C@H](O)C(O)C3O)CCC3C(=CCC4[C@@]3(C)CCC3C(C)(C)C(=O)CC[C@@]34C)C2C1. The molecule has 1 heterocycles. The van der Waals surface area contributed by atoms with Gasteiger partial charge in [0.25, 0.3) is 0 Å². The van der Waals surface area contributed by atoms with Gasteiger partial charge in [-0.15, -0.1) is 0 Å². The minimum Gasteiger partial charge on any atom is -0.394 e. The van der Waals surface area contributed by atoms with Crippen molar-refractivity contribution < 1.29 is 35.1 Å². The molecule has 0 amide bonds. The lowest BCUT2D eigenvalue weighted by atomic mass is 9.37. The van der Waals surface area contributed by atoms with E-state index in [9.17, 15) is 30.3 Å². The average molecular weight is 589 g/mol. The van der Waals surface area contributed by atoms with Gasteiger partial charge in [-0.25, -0.2) is 0 Å². The molecule has 7 nitrogen and oxygen atoms in total. The third kappa shape index (κ3) is 4.23. The summed E-state index contributed by atoms with van der Waals surface area (Å²) in [5.41, 5.74) is 1.07. The van der Waals surface area contributed by atoms with Gasteiger partial charge in [0.2, 0.25) is 0 Å². The standard InChI is InChI=1S/C35H56O7/c1-31(2)15-16-35(30(41)29-28(40)27(39)26(38)22(18-36)42-29)14-9-20-19(21(35)17-31)7-8-24-33(20,5)12-10-23-32(3,4)25(37)11-13-34(23,24)6/h7,20-24,26-30,36,38-41H,8-18H2,1-6H3/t20?,21?,22-,23?,24?,26+,27?,28?,29+,30-,33+,34+,35-/m1/s1. The molecule has 1 saturated heterocycles. The largest absolute Gasteiger partial charge is 0.394 e. The molecule has 238 valence electrons. The number of aliphatic hydroxyl groups excluding tert-OH is 5. The number of ether oxygens (including phenoxy) is 1. The number of carbonyl (C=O) groups is 1. The summed E-state index contributed by atoms with van der Waals surface area (Å²) in [6, 6.07) is 0. The van der Waals surface area contributed by atoms with E-state index in [4.69, 9.17) is 4.74 Å². The highest BCUT2D eigenvalue weighted by molar-refractivity contribution is 5.85. The molecular weight excluding hydrogens is 532 g/mol. The molecule has 6 aliphatic rings. The predicted octanol–water partition coefficient (Wildman–Crippen LogP) is 4.17. The van der Waals surface area contributed by atoms with E-state index in [1.807, 2.05) is 0 Å². The summed E-state index contributed by atoms with van der Waals surface area (Å²) >= 11 is 0. The molecule has 5 N–H and O–H groups in total. The number of Topliss-reactive ketones (excluding diaryl/α,β-unsaturated/α-hetero) is 1. The summed E-state index contributed by atoms with van der Waals surface area (Å²) in [5, 5.41) is 54.0. The Morgan fingerprint density at radius 3 is 2.26 bits per heavy atom. The molecule has 0 aromatic heterocycles. The second-order valence-electron chi connectivity index (χ2n) is 17.2. The van der Waals surface area contributed by atoms with Crippen LogP contribution in [0.4, 0.5) is 0 Å². The zero-order chi connectivity index (χ0) is 30.6. The molecule has 5 fully saturated rings. The fraction of sp³-hybridized carbons (Fsp3) is 0.914. The molecule has 0 radical (unpaired) electrons. The Kier molecular flexibility index (Phi) is 7.48. The third-order valence-electron chi connectivity index (χ3n) is 14.5. The highest BCUT2D eigenvalue weighted by atomic mass is 16.6. The molecule has 0 aromatic carbocycles. The Hall–Kier alpha value is -0.830. The van der Waals surface area contributed by atoms with Crippen LogP contribution in [0.3, 0.4) is 0 Å². The van der Waals surface area contributed by atoms with Gasteiger partial charge in [0.15, 0.2) is 0 Å². The Balaban J connectivity index is 1.37. The van der Waals surface area contributed by atoms with Gasteiger partial charge in [0, 0.05) is 17.3 Å². The molecular formula is C35H56O7. The van der Waals surface area contributed by atoms with Crippen molar-refractivity contribution in [3.8, 4) is 0 Å². The number of carbonyl (C=O) groups excluding carboxylic acids is 1. The van der Waals surface area contributed by atoms with E-state index in [1.165, 1.54) is 5.57 Å². The topological polar surface area (TPSA) is 127 Å². The number of hydrogen-bond acceptors (Lipinski definition) is 7. The normalized spacial score (nSPS) is 52.2. The Labute approximate surface area is 252 Å². The van der Waals surface area contributed by atoms with Crippen LogP contribution < -0.4 is 0 Å². The number of allylic oxidation sites excluding steroid dienone is 2. The van der Waals surface area contributed by atoms with Crippen LogP contribution in [0.25, 0.3) is 0 Å². The number of ketones is 1. The first kappa shape index (κ1) is 31.2. The maximum Gasteiger partial charge on any atom is 0.138 e. The van der Waals surface area contributed by atoms with Crippen LogP contribution in [0.2, 0.25) is 0 Å². The Morgan fingerprint density at radius 1 is 0.857 bits per heavy atom.